The molecule has 4 heterocycles. The summed E-state index contributed by atoms with van der Waals surface area (Å²) in [4.78, 5) is 32.8. The molecule has 0 aliphatic carbocycles. The number of benzene rings is 4. The number of imidazole rings is 1. The minimum atomic E-state index is -1.03. The smallest absolute Gasteiger partial charge is 0.417 e. The van der Waals surface area contributed by atoms with Crippen LogP contribution >= 0.6 is 0 Å². The lowest BCUT2D eigenvalue weighted by Gasteiger charge is -2.19. The number of carbonyl (C=O) groups is 2. The lowest BCUT2D eigenvalue weighted by molar-refractivity contribution is -0.155. The second-order valence-corrected chi connectivity index (χ2v) is 11.5. The Kier molecular flexibility index (Phi) is 6.22. The Labute approximate surface area is 248 Å². The van der Waals surface area contributed by atoms with Gasteiger partial charge in [0.1, 0.15) is 17.3 Å². The molecule has 0 radical (unpaired) electrons. The Balaban J connectivity index is 1.22. The Morgan fingerprint density at radius 2 is 1.58 bits per heavy atom. The van der Waals surface area contributed by atoms with Crippen molar-refractivity contribution in [1.82, 2.24) is 14.5 Å². The summed E-state index contributed by atoms with van der Waals surface area (Å²) in [6.45, 7) is 3.56. The van der Waals surface area contributed by atoms with Crippen molar-refractivity contribution < 1.29 is 19.1 Å². The maximum atomic E-state index is 12.8. The number of nitrogens with zero attached hydrogens (tertiary/aromatic N) is 3. The van der Waals surface area contributed by atoms with Crippen LogP contribution in [0.2, 0.25) is 0 Å². The first-order chi connectivity index (χ1) is 21.1. The third-order valence-electron chi connectivity index (χ3n) is 8.70. The van der Waals surface area contributed by atoms with E-state index in [1.165, 1.54) is 24.0 Å². The van der Waals surface area contributed by atoms with E-state index in [0.717, 1.165) is 65.4 Å². The fourth-order valence-corrected chi connectivity index (χ4v) is 6.60. The quantitative estimate of drug-likeness (QED) is 0.157. The van der Waals surface area contributed by atoms with Crippen LogP contribution < -0.4 is 14.8 Å². The molecule has 8 rings (SSSR count). The van der Waals surface area contributed by atoms with E-state index in [9.17, 15) is 9.59 Å². The monoisotopic (exact) mass is 570 g/mol. The number of fused-ring (bicyclic) bond motifs is 6. The zero-order valence-electron chi connectivity index (χ0n) is 23.6. The van der Waals surface area contributed by atoms with E-state index in [4.69, 9.17) is 14.5 Å². The average molecular weight is 571 g/mol. The van der Waals surface area contributed by atoms with Gasteiger partial charge < -0.3 is 19.4 Å². The summed E-state index contributed by atoms with van der Waals surface area (Å²) in [7, 11) is 0. The zero-order chi connectivity index (χ0) is 28.9. The molecule has 4 aromatic carbocycles. The number of ether oxygens (including phenoxy) is 2. The van der Waals surface area contributed by atoms with Crippen LogP contribution in [0.5, 0.6) is 11.5 Å². The highest BCUT2D eigenvalue weighted by Gasteiger charge is 2.33. The molecule has 8 heteroatoms. The lowest BCUT2D eigenvalue weighted by Crippen LogP contribution is -2.23. The van der Waals surface area contributed by atoms with Gasteiger partial charge in [-0.1, -0.05) is 54.6 Å². The van der Waals surface area contributed by atoms with Crippen molar-refractivity contribution in [3.05, 3.63) is 101 Å². The maximum absolute atomic E-state index is 12.8. The van der Waals surface area contributed by atoms with Crippen molar-refractivity contribution in [2.45, 2.75) is 38.8 Å². The van der Waals surface area contributed by atoms with Gasteiger partial charge in [-0.3, -0.25) is 4.90 Å². The van der Waals surface area contributed by atoms with Crippen LogP contribution in [0, 0.1) is 0 Å². The topological polar surface area (TPSA) is 85.7 Å². The third-order valence-corrected chi connectivity index (χ3v) is 8.70. The molecule has 2 bridgehead atoms. The van der Waals surface area contributed by atoms with Gasteiger partial charge in [0.05, 0.1) is 23.1 Å². The van der Waals surface area contributed by atoms with Crippen LogP contribution in [0.25, 0.3) is 22.4 Å². The number of nitrogens with one attached hydrogen (secondary N) is 1. The van der Waals surface area contributed by atoms with Crippen molar-refractivity contribution in [2.75, 3.05) is 18.4 Å². The second-order valence-electron chi connectivity index (χ2n) is 11.5. The molecule has 1 aromatic heterocycles. The number of para-hydroxylation sites is 2. The summed E-state index contributed by atoms with van der Waals surface area (Å²) >= 11 is 0. The van der Waals surface area contributed by atoms with Gasteiger partial charge in [0.2, 0.25) is 0 Å². The van der Waals surface area contributed by atoms with E-state index >= 15 is 0 Å². The van der Waals surface area contributed by atoms with Crippen LogP contribution in [0.3, 0.4) is 0 Å². The minimum Gasteiger partial charge on any atom is -0.417 e. The van der Waals surface area contributed by atoms with Crippen molar-refractivity contribution >= 4 is 34.3 Å². The fraction of sp³-hybridized carbons (Fsp3) is 0.229. The predicted molar refractivity (Wildman–Crippen MR) is 164 cm³/mol. The summed E-state index contributed by atoms with van der Waals surface area (Å²) in [6, 6.07) is 26.4. The van der Waals surface area contributed by atoms with Crippen LogP contribution in [0.15, 0.2) is 78.9 Å². The Bertz CT molecular complexity index is 1910. The molecule has 1 fully saturated rings. The van der Waals surface area contributed by atoms with Gasteiger partial charge in [-0.2, -0.15) is 0 Å². The number of aryl methyl sites for hydroxylation is 1. The van der Waals surface area contributed by atoms with Gasteiger partial charge >= 0.3 is 11.9 Å². The highest BCUT2D eigenvalue weighted by molar-refractivity contribution is 6.31. The van der Waals surface area contributed by atoms with E-state index in [2.05, 4.69) is 33.0 Å². The number of rotatable bonds is 5. The molecular formula is C35H30N4O4. The van der Waals surface area contributed by atoms with Gasteiger partial charge in [-0.15, -0.1) is 0 Å². The highest BCUT2D eigenvalue weighted by atomic mass is 16.6. The van der Waals surface area contributed by atoms with Gasteiger partial charge in [-0.25, -0.2) is 14.6 Å². The largest absolute Gasteiger partial charge is 0.423 e. The molecule has 0 saturated carbocycles. The second kappa shape index (κ2) is 10.4. The van der Waals surface area contributed by atoms with Crippen LogP contribution in [0.1, 0.15) is 35.1 Å². The molecule has 5 aromatic rings. The molecule has 43 heavy (non-hydrogen) atoms. The molecule has 0 spiro atoms. The number of anilines is 2. The van der Waals surface area contributed by atoms with Gasteiger partial charge in [0.15, 0.2) is 0 Å². The van der Waals surface area contributed by atoms with E-state index < -0.39 is 11.9 Å². The summed E-state index contributed by atoms with van der Waals surface area (Å²) in [5.41, 5.74) is 8.55. The molecule has 0 amide bonds. The number of hydrogen-bond donors (Lipinski definition) is 1. The molecule has 8 nitrogen and oxygen atoms in total. The number of aromatic nitrogens is 2. The normalized spacial score (nSPS) is 16.1. The minimum absolute atomic E-state index is 0.302. The molecule has 1 N–H and O–H groups in total. The average Bonchev–Trinajstić information content (AvgIpc) is 3.61. The summed E-state index contributed by atoms with van der Waals surface area (Å²) < 4.78 is 13.6. The van der Waals surface area contributed by atoms with Gasteiger partial charge in [-0.05, 0) is 68.1 Å². The van der Waals surface area contributed by atoms with E-state index in [-0.39, 0.29) is 0 Å². The Morgan fingerprint density at radius 1 is 0.791 bits per heavy atom. The third kappa shape index (κ3) is 4.64. The summed E-state index contributed by atoms with van der Waals surface area (Å²) in [5.74, 6) is -0.567. The molecule has 0 atom stereocenters. The number of likely N-dealkylation sites (tertiary alicyclic amines) is 1. The molecule has 0 unspecified atom stereocenters. The van der Waals surface area contributed by atoms with Gasteiger partial charge in [0.25, 0.3) is 0 Å². The summed E-state index contributed by atoms with van der Waals surface area (Å²) in [6.07, 6.45) is 3.94. The highest BCUT2D eigenvalue weighted by Crippen LogP contribution is 2.45. The van der Waals surface area contributed by atoms with Crippen molar-refractivity contribution in [3.8, 4) is 22.9 Å². The summed E-state index contributed by atoms with van der Waals surface area (Å²) in [5, 5.41) is 3.57. The molecule has 3 aliphatic rings. The standard InChI is InChI=1S/C35H30N4O4/c40-34-35(41)43-32-25-14-13-24-18-22(20-38-16-6-7-17-38)12-15-27(24)36-29(25)19-31(42-34)26(32)21-39-30-11-5-4-10-28(30)37-33(39)23-8-2-1-3-9-23/h1-5,8-12,15,18-19,36H,6-7,13-14,16-17,20-21H2. The fourth-order valence-electron chi connectivity index (χ4n) is 6.60. The van der Waals surface area contributed by atoms with Crippen molar-refractivity contribution in [1.29, 1.82) is 0 Å². The van der Waals surface area contributed by atoms with Crippen molar-refractivity contribution in [3.63, 3.8) is 0 Å². The molecular weight excluding hydrogens is 540 g/mol. The number of hydrogen-bond acceptors (Lipinski definition) is 7. The Hall–Kier alpha value is -4.95. The number of carbonyl (C=O) groups excluding carboxylic acids is 2. The lowest BCUT2D eigenvalue weighted by atomic mass is 9.99. The van der Waals surface area contributed by atoms with E-state index in [0.29, 0.717) is 30.0 Å². The van der Waals surface area contributed by atoms with E-state index in [1.807, 2.05) is 60.7 Å². The van der Waals surface area contributed by atoms with E-state index in [1.54, 1.807) is 0 Å². The first kappa shape index (κ1) is 25.7. The molecule has 1 saturated heterocycles. The van der Waals surface area contributed by atoms with Crippen LogP contribution in [-0.4, -0.2) is 39.5 Å². The first-order valence-electron chi connectivity index (χ1n) is 14.9. The molecule has 3 aliphatic heterocycles. The van der Waals surface area contributed by atoms with Crippen LogP contribution in [0.4, 0.5) is 11.4 Å². The first-order valence-corrected chi connectivity index (χ1v) is 14.9. The number of esters is 2. The molecule has 214 valence electrons. The zero-order valence-corrected chi connectivity index (χ0v) is 23.6. The van der Waals surface area contributed by atoms with Gasteiger partial charge in [0, 0.05) is 35.1 Å². The predicted octanol–water partition coefficient (Wildman–Crippen LogP) is 6.01. The SMILES string of the molecule is O=C1Oc2cc3c(c(c2Cn2c(-c4ccccc4)nc4ccccc42)OC1=O)CCc1cc(CN2CCCC2)ccc1N3. The van der Waals surface area contributed by atoms with Crippen LogP contribution in [-0.2, 0) is 35.5 Å². The van der Waals surface area contributed by atoms with Crippen molar-refractivity contribution in [2.24, 2.45) is 0 Å². The Morgan fingerprint density at radius 3 is 2.44 bits per heavy atom. The maximum Gasteiger partial charge on any atom is 0.423 e.